The minimum Gasteiger partial charge on any atom is -0.381 e. The van der Waals surface area contributed by atoms with Gasteiger partial charge >= 0.3 is 6.18 Å². The van der Waals surface area contributed by atoms with Crippen LogP contribution in [0.5, 0.6) is 0 Å². The van der Waals surface area contributed by atoms with Crippen molar-refractivity contribution >= 4 is 11.8 Å². The van der Waals surface area contributed by atoms with Crippen LogP contribution in [0, 0.1) is 11.2 Å². The van der Waals surface area contributed by atoms with Gasteiger partial charge in [-0.15, -0.1) is 10.2 Å². The first-order valence-electron chi connectivity index (χ1n) is 12.0. The average Bonchev–Trinajstić information content (AvgIpc) is 3.14. The quantitative estimate of drug-likeness (QED) is 0.297. The zero-order valence-corrected chi connectivity index (χ0v) is 20.1. The second-order valence-electron chi connectivity index (χ2n) is 9.87. The molecular formula is C24H30F4N4OS. The van der Waals surface area contributed by atoms with Crippen LogP contribution in [0.4, 0.5) is 17.6 Å². The van der Waals surface area contributed by atoms with E-state index >= 15 is 0 Å². The van der Waals surface area contributed by atoms with Crippen molar-refractivity contribution in [1.82, 2.24) is 19.7 Å². The van der Waals surface area contributed by atoms with Crippen LogP contribution in [0.1, 0.15) is 60.9 Å². The summed E-state index contributed by atoms with van der Waals surface area (Å²) in [6.45, 7) is 4.37. The van der Waals surface area contributed by atoms with Crippen LogP contribution in [-0.2, 0) is 18.0 Å². The molecule has 1 saturated carbocycles. The van der Waals surface area contributed by atoms with Crippen molar-refractivity contribution in [3.05, 3.63) is 41.0 Å². The summed E-state index contributed by atoms with van der Waals surface area (Å²) in [7, 11) is 2.03. The number of aromatic nitrogens is 3. The van der Waals surface area contributed by atoms with Crippen LogP contribution in [0.2, 0.25) is 0 Å². The molecule has 186 valence electrons. The van der Waals surface area contributed by atoms with E-state index in [0.29, 0.717) is 17.5 Å². The van der Waals surface area contributed by atoms with Crippen molar-refractivity contribution in [2.75, 3.05) is 38.6 Å². The number of benzene rings is 1. The Morgan fingerprint density at radius 2 is 2.00 bits per heavy atom. The van der Waals surface area contributed by atoms with Gasteiger partial charge in [-0.1, -0.05) is 17.8 Å². The topological polar surface area (TPSA) is 43.2 Å². The van der Waals surface area contributed by atoms with Gasteiger partial charge in [-0.3, -0.25) is 0 Å². The molecule has 10 heteroatoms. The smallest absolute Gasteiger partial charge is 0.381 e. The lowest BCUT2D eigenvalue weighted by Gasteiger charge is -2.21. The van der Waals surface area contributed by atoms with Crippen LogP contribution in [0.15, 0.2) is 23.4 Å². The van der Waals surface area contributed by atoms with Gasteiger partial charge in [0.25, 0.3) is 0 Å². The van der Waals surface area contributed by atoms with E-state index in [9.17, 15) is 17.6 Å². The number of nitrogens with zero attached hydrogens (tertiary/aromatic N) is 4. The molecule has 3 fully saturated rings. The summed E-state index contributed by atoms with van der Waals surface area (Å²) in [6.07, 6.45) is 0.312. The number of hydrogen-bond donors (Lipinski definition) is 0. The zero-order chi connectivity index (χ0) is 23.9. The molecule has 1 unspecified atom stereocenters. The van der Waals surface area contributed by atoms with Crippen molar-refractivity contribution in [2.24, 2.45) is 12.5 Å². The van der Waals surface area contributed by atoms with Crippen LogP contribution in [0.3, 0.4) is 0 Å². The predicted octanol–water partition coefficient (Wildman–Crippen LogP) is 5.23. The lowest BCUT2D eigenvalue weighted by Crippen LogP contribution is -2.23. The molecule has 1 aromatic heterocycles. The third-order valence-corrected chi connectivity index (χ3v) is 8.77. The Bertz CT molecular complexity index is 1020. The van der Waals surface area contributed by atoms with E-state index in [4.69, 9.17) is 4.74 Å². The van der Waals surface area contributed by atoms with Gasteiger partial charge in [0.1, 0.15) is 11.6 Å². The van der Waals surface area contributed by atoms with Gasteiger partial charge in [0.05, 0.1) is 5.56 Å². The third kappa shape index (κ3) is 4.86. The van der Waals surface area contributed by atoms with E-state index in [-0.39, 0.29) is 11.3 Å². The Morgan fingerprint density at radius 1 is 1.21 bits per heavy atom. The third-order valence-electron chi connectivity index (χ3n) is 7.66. The molecule has 34 heavy (non-hydrogen) atoms. The van der Waals surface area contributed by atoms with Crippen molar-refractivity contribution in [2.45, 2.75) is 55.3 Å². The predicted molar refractivity (Wildman–Crippen MR) is 121 cm³/mol. The van der Waals surface area contributed by atoms with Crippen LogP contribution < -0.4 is 0 Å². The number of alkyl halides is 3. The molecule has 1 aliphatic carbocycles. The lowest BCUT2D eigenvalue weighted by atomic mass is 9.97. The normalized spacial score (nSPS) is 26.0. The van der Waals surface area contributed by atoms with E-state index in [2.05, 4.69) is 19.7 Å². The fourth-order valence-electron chi connectivity index (χ4n) is 5.61. The molecule has 3 aliphatic rings. The van der Waals surface area contributed by atoms with Gasteiger partial charge in [0.2, 0.25) is 0 Å². The fraction of sp³-hybridized carbons (Fsp3) is 0.667. The second-order valence-corrected chi connectivity index (χ2v) is 10.9. The highest BCUT2D eigenvalue weighted by molar-refractivity contribution is 7.99. The molecule has 1 spiro atoms. The maximum absolute atomic E-state index is 14.4. The highest BCUT2D eigenvalue weighted by atomic mass is 32.2. The minimum atomic E-state index is -4.51. The molecule has 5 rings (SSSR count). The number of ether oxygens (including phenoxy) is 1. The number of thioether (sulfide) groups is 1. The van der Waals surface area contributed by atoms with E-state index in [0.717, 1.165) is 87.8 Å². The molecule has 1 aromatic carbocycles. The van der Waals surface area contributed by atoms with Gasteiger partial charge < -0.3 is 14.2 Å². The average molecular weight is 499 g/mol. The Labute approximate surface area is 201 Å². The van der Waals surface area contributed by atoms with Gasteiger partial charge in [-0.2, -0.15) is 13.2 Å². The Kier molecular flexibility index (Phi) is 6.67. The second kappa shape index (κ2) is 9.43. The molecule has 2 saturated heterocycles. The molecule has 0 radical (unpaired) electrons. The molecule has 0 N–H and O–H groups in total. The van der Waals surface area contributed by atoms with Crippen molar-refractivity contribution in [3.63, 3.8) is 0 Å². The van der Waals surface area contributed by atoms with Gasteiger partial charge in [-0.25, -0.2) is 4.39 Å². The summed E-state index contributed by atoms with van der Waals surface area (Å²) in [5.74, 6) is 1.71. The fourth-order valence-corrected chi connectivity index (χ4v) is 6.46. The number of halogens is 4. The van der Waals surface area contributed by atoms with Crippen molar-refractivity contribution in [1.29, 1.82) is 0 Å². The largest absolute Gasteiger partial charge is 0.416 e. The summed E-state index contributed by atoms with van der Waals surface area (Å²) in [5, 5.41) is 9.74. The molecule has 5 nitrogen and oxygen atoms in total. The summed E-state index contributed by atoms with van der Waals surface area (Å²) >= 11 is 1.72. The van der Waals surface area contributed by atoms with Crippen LogP contribution >= 0.6 is 11.8 Å². The summed E-state index contributed by atoms with van der Waals surface area (Å²) in [6, 6.07) is 2.99. The van der Waals surface area contributed by atoms with Gasteiger partial charge in [0, 0.05) is 38.5 Å². The summed E-state index contributed by atoms with van der Waals surface area (Å²) in [4.78, 5) is 2.41. The van der Waals surface area contributed by atoms with Gasteiger partial charge in [0.15, 0.2) is 5.16 Å². The van der Waals surface area contributed by atoms with Crippen molar-refractivity contribution < 1.29 is 22.3 Å². The zero-order valence-electron chi connectivity index (χ0n) is 19.3. The maximum atomic E-state index is 14.4. The van der Waals surface area contributed by atoms with Crippen LogP contribution in [0.25, 0.3) is 0 Å². The summed E-state index contributed by atoms with van der Waals surface area (Å²) < 4.78 is 60.5. The Balaban J connectivity index is 1.09. The first-order chi connectivity index (χ1) is 16.3. The number of hydrogen-bond acceptors (Lipinski definition) is 5. The first-order valence-corrected chi connectivity index (χ1v) is 12.9. The number of rotatable bonds is 7. The molecule has 0 amide bonds. The monoisotopic (exact) mass is 498 g/mol. The first kappa shape index (κ1) is 24.1. The molecule has 2 aliphatic heterocycles. The van der Waals surface area contributed by atoms with E-state index in [1.54, 1.807) is 11.8 Å². The van der Waals surface area contributed by atoms with E-state index in [1.807, 2.05) is 7.05 Å². The Morgan fingerprint density at radius 3 is 2.74 bits per heavy atom. The van der Waals surface area contributed by atoms with E-state index < -0.39 is 17.6 Å². The number of likely N-dealkylation sites (tertiary alicyclic amines) is 1. The van der Waals surface area contributed by atoms with Crippen molar-refractivity contribution in [3.8, 4) is 0 Å². The summed E-state index contributed by atoms with van der Waals surface area (Å²) in [5.41, 5.74) is -0.458. The molecule has 3 heterocycles. The highest BCUT2D eigenvalue weighted by Gasteiger charge is 2.58. The molecule has 2 atom stereocenters. The minimum absolute atomic E-state index is 0.0237. The maximum Gasteiger partial charge on any atom is 0.416 e. The standard InChI is InChI=1S/C24H30F4N4OS/c1-31-21(16-5-10-33-11-6-16)29-30-22(31)34-12-2-8-32-9-7-23(15-32)14-19(23)18-4-3-17(13-20(18)25)24(26,27)28/h3-4,13,16,19H,2,5-12,14-15H2,1H3/t19?,23-/m1/s1. The SMILES string of the molecule is Cn1c(SCCCN2CC[C@@]3(CC3c3ccc(C(F)(F)F)cc3F)C2)nnc1C1CCOCC1. The van der Waals surface area contributed by atoms with E-state index in [1.165, 1.54) is 6.07 Å². The highest BCUT2D eigenvalue weighted by Crippen LogP contribution is 2.64. The Hall–Kier alpha value is -1.65. The van der Waals surface area contributed by atoms with Crippen LogP contribution in [-0.4, -0.2) is 58.3 Å². The molecule has 0 bridgehead atoms. The molecule has 2 aromatic rings. The molecular weight excluding hydrogens is 468 g/mol. The van der Waals surface area contributed by atoms with Gasteiger partial charge in [-0.05, 0) is 74.2 Å². The lowest BCUT2D eigenvalue weighted by molar-refractivity contribution is -0.137.